The first-order chi connectivity index (χ1) is 9.49. The quantitative estimate of drug-likeness (QED) is 0.684. The summed E-state index contributed by atoms with van der Waals surface area (Å²) in [5.41, 5.74) is 1.14. The van der Waals surface area contributed by atoms with Crippen LogP contribution in [0.25, 0.3) is 0 Å². The number of hydrogen-bond donors (Lipinski definition) is 1. The van der Waals surface area contributed by atoms with Gasteiger partial charge in [0.25, 0.3) is 5.69 Å². The van der Waals surface area contributed by atoms with E-state index < -0.39 is 11.0 Å². The SMILES string of the molecule is Cc1ccc([N+](=O)[O-])cc1NC(=O)C(C)n1cccn1. The third-order valence-corrected chi connectivity index (χ3v) is 2.99. The number of nitrogens with zero attached hydrogens (tertiary/aromatic N) is 3. The largest absolute Gasteiger partial charge is 0.324 e. The Balaban J connectivity index is 2.19. The number of amides is 1. The maximum Gasteiger partial charge on any atom is 0.271 e. The van der Waals surface area contributed by atoms with Crippen LogP contribution in [-0.4, -0.2) is 20.6 Å². The smallest absolute Gasteiger partial charge is 0.271 e. The summed E-state index contributed by atoms with van der Waals surface area (Å²) >= 11 is 0. The molecule has 1 N–H and O–H groups in total. The second-order valence-corrected chi connectivity index (χ2v) is 4.41. The van der Waals surface area contributed by atoms with Crippen molar-refractivity contribution in [3.63, 3.8) is 0 Å². The summed E-state index contributed by atoms with van der Waals surface area (Å²) in [6.45, 7) is 3.48. The zero-order chi connectivity index (χ0) is 14.7. The van der Waals surface area contributed by atoms with Gasteiger partial charge in [-0.3, -0.25) is 19.6 Å². The summed E-state index contributed by atoms with van der Waals surface area (Å²) < 4.78 is 1.52. The molecule has 1 amide bonds. The number of carbonyl (C=O) groups is 1. The third-order valence-electron chi connectivity index (χ3n) is 2.99. The highest BCUT2D eigenvalue weighted by Gasteiger charge is 2.17. The van der Waals surface area contributed by atoms with Crippen molar-refractivity contribution in [2.45, 2.75) is 19.9 Å². The van der Waals surface area contributed by atoms with Crippen LogP contribution in [0.3, 0.4) is 0 Å². The number of aryl methyl sites for hydroxylation is 1. The molecule has 0 bridgehead atoms. The number of nitrogens with one attached hydrogen (secondary N) is 1. The Morgan fingerprint density at radius 3 is 2.85 bits per heavy atom. The Kier molecular flexibility index (Phi) is 3.79. The zero-order valence-electron chi connectivity index (χ0n) is 11.1. The molecule has 20 heavy (non-hydrogen) atoms. The van der Waals surface area contributed by atoms with Crippen molar-refractivity contribution in [1.29, 1.82) is 0 Å². The van der Waals surface area contributed by atoms with Crippen molar-refractivity contribution in [2.75, 3.05) is 5.32 Å². The van der Waals surface area contributed by atoms with Crippen LogP contribution < -0.4 is 5.32 Å². The minimum Gasteiger partial charge on any atom is -0.324 e. The first-order valence-electron chi connectivity index (χ1n) is 6.04. The normalized spacial score (nSPS) is 11.9. The number of benzene rings is 1. The average Bonchev–Trinajstić information content (AvgIpc) is 2.94. The van der Waals surface area contributed by atoms with Crippen LogP contribution in [0.5, 0.6) is 0 Å². The Hall–Kier alpha value is -2.70. The number of non-ortho nitro benzene ring substituents is 1. The van der Waals surface area contributed by atoms with E-state index in [-0.39, 0.29) is 11.6 Å². The molecule has 1 aromatic heterocycles. The summed E-state index contributed by atoms with van der Waals surface area (Å²) in [5, 5.41) is 17.4. The summed E-state index contributed by atoms with van der Waals surface area (Å²) in [6, 6.07) is 5.59. The molecule has 0 saturated carbocycles. The van der Waals surface area contributed by atoms with E-state index in [1.54, 1.807) is 38.4 Å². The van der Waals surface area contributed by atoms with Gasteiger partial charge >= 0.3 is 0 Å². The molecule has 0 saturated heterocycles. The Bertz CT molecular complexity index is 637. The molecule has 0 spiro atoms. The number of anilines is 1. The molecule has 2 aromatic rings. The lowest BCUT2D eigenvalue weighted by atomic mass is 10.1. The van der Waals surface area contributed by atoms with E-state index in [1.165, 1.54) is 16.8 Å². The lowest BCUT2D eigenvalue weighted by molar-refractivity contribution is -0.384. The maximum atomic E-state index is 12.1. The van der Waals surface area contributed by atoms with Gasteiger partial charge in [-0.2, -0.15) is 5.10 Å². The molecule has 2 rings (SSSR count). The summed E-state index contributed by atoms with van der Waals surface area (Å²) in [4.78, 5) is 22.4. The summed E-state index contributed by atoms with van der Waals surface area (Å²) in [5.74, 6) is -0.280. The molecule has 0 radical (unpaired) electrons. The van der Waals surface area contributed by atoms with Crippen LogP contribution in [0, 0.1) is 17.0 Å². The van der Waals surface area contributed by atoms with Gasteiger partial charge in [-0.25, -0.2) is 0 Å². The van der Waals surface area contributed by atoms with E-state index >= 15 is 0 Å². The molecule has 1 aromatic carbocycles. The number of nitro groups is 1. The number of nitro benzene ring substituents is 1. The van der Waals surface area contributed by atoms with E-state index in [0.717, 1.165) is 5.56 Å². The van der Waals surface area contributed by atoms with Gasteiger partial charge in [-0.05, 0) is 25.5 Å². The molecule has 0 aliphatic rings. The fourth-order valence-corrected chi connectivity index (χ4v) is 1.73. The zero-order valence-corrected chi connectivity index (χ0v) is 11.1. The van der Waals surface area contributed by atoms with Crippen molar-refractivity contribution in [2.24, 2.45) is 0 Å². The van der Waals surface area contributed by atoms with Crippen LogP contribution in [0.4, 0.5) is 11.4 Å². The van der Waals surface area contributed by atoms with Crippen molar-refractivity contribution in [1.82, 2.24) is 9.78 Å². The molecule has 1 atom stereocenters. The van der Waals surface area contributed by atoms with Crippen molar-refractivity contribution in [3.05, 3.63) is 52.3 Å². The summed E-state index contributed by atoms with van der Waals surface area (Å²) in [7, 11) is 0. The Morgan fingerprint density at radius 1 is 1.50 bits per heavy atom. The maximum absolute atomic E-state index is 12.1. The van der Waals surface area contributed by atoms with Gasteiger partial charge in [-0.1, -0.05) is 6.07 Å². The second kappa shape index (κ2) is 5.52. The highest BCUT2D eigenvalue weighted by molar-refractivity contribution is 5.94. The van der Waals surface area contributed by atoms with Gasteiger partial charge in [0, 0.05) is 24.5 Å². The summed E-state index contributed by atoms with van der Waals surface area (Å²) in [6.07, 6.45) is 3.27. The topological polar surface area (TPSA) is 90.1 Å². The lowest BCUT2D eigenvalue weighted by Crippen LogP contribution is -2.24. The number of carbonyl (C=O) groups excluding carboxylic acids is 1. The fraction of sp³-hybridized carbons (Fsp3) is 0.231. The molecule has 0 aliphatic heterocycles. The standard InChI is InChI=1S/C13H14N4O3/c1-9-4-5-11(17(19)20)8-12(9)15-13(18)10(2)16-7-3-6-14-16/h3-8,10H,1-2H3,(H,15,18). The van der Waals surface area contributed by atoms with Crippen LogP contribution in [0.15, 0.2) is 36.7 Å². The van der Waals surface area contributed by atoms with Gasteiger partial charge in [0.15, 0.2) is 0 Å². The first-order valence-corrected chi connectivity index (χ1v) is 6.04. The molecule has 1 unspecified atom stereocenters. The number of rotatable bonds is 4. The number of aromatic nitrogens is 2. The van der Waals surface area contributed by atoms with Crippen molar-refractivity contribution >= 4 is 17.3 Å². The van der Waals surface area contributed by atoms with E-state index in [4.69, 9.17) is 0 Å². The highest BCUT2D eigenvalue weighted by Crippen LogP contribution is 2.22. The van der Waals surface area contributed by atoms with Gasteiger partial charge in [0.05, 0.1) is 10.6 Å². The molecule has 7 nitrogen and oxygen atoms in total. The van der Waals surface area contributed by atoms with Gasteiger partial charge < -0.3 is 5.32 Å². The van der Waals surface area contributed by atoms with Crippen LogP contribution in [0.1, 0.15) is 18.5 Å². The Labute approximate surface area is 115 Å². The van der Waals surface area contributed by atoms with E-state index in [2.05, 4.69) is 10.4 Å². The third kappa shape index (κ3) is 2.82. The Morgan fingerprint density at radius 2 is 2.25 bits per heavy atom. The van der Waals surface area contributed by atoms with Gasteiger partial charge in [0.1, 0.15) is 6.04 Å². The van der Waals surface area contributed by atoms with Crippen LogP contribution in [0.2, 0.25) is 0 Å². The molecule has 0 fully saturated rings. The fourth-order valence-electron chi connectivity index (χ4n) is 1.73. The molecule has 1 heterocycles. The molecule has 0 aliphatic carbocycles. The van der Waals surface area contributed by atoms with Gasteiger partial charge in [0.2, 0.25) is 5.91 Å². The number of hydrogen-bond acceptors (Lipinski definition) is 4. The van der Waals surface area contributed by atoms with Crippen LogP contribution >= 0.6 is 0 Å². The minimum absolute atomic E-state index is 0.0577. The van der Waals surface area contributed by atoms with E-state index in [9.17, 15) is 14.9 Å². The van der Waals surface area contributed by atoms with Crippen molar-refractivity contribution in [3.8, 4) is 0 Å². The molecule has 104 valence electrons. The van der Waals surface area contributed by atoms with Crippen LogP contribution in [-0.2, 0) is 4.79 Å². The predicted octanol–water partition coefficient (Wildman–Crippen LogP) is 2.30. The van der Waals surface area contributed by atoms with Crippen molar-refractivity contribution < 1.29 is 9.72 Å². The lowest BCUT2D eigenvalue weighted by Gasteiger charge is -2.14. The first kappa shape index (κ1) is 13.7. The second-order valence-electron chi connectivity index (χ2n) is 4.41. The monoisotopic (exact) mass is 274 g/mol. The molecular weight excluding hydrogens is 260 g/mol. The molecular formula is C13H14N4O3. The highest BCUT2D eigenvalue weighted by atomic mass is 16.6. The molecule has 7 heteroatoms. The average molecular weight is 274 g/mol. The van der Waals surface area contributed by atoms with Gasteiger partial charge in [-0.15, -0.1) is 0 Å². The predicted molar refractivity (Wildman–Crippen MR) is 73.4 cm³/mol. The van der Waals surface area contributed by atoms with E-state index in [1.807, 2.05) is 0 Å². The van der Waals surface area contributed by atoms with E-state index in [0.29, 0.717) is 5.69 Å². The minimum atomic E-state index is -0.497.